The Morgan fingerprint density at radius 2 is 1.78 bits per heavy atom. The van der Waals surface area contributed by atoms with E-state index < -0.39 is 27.6 Å². The molecule has 166 valence electrons. The van der Waals surface area contributed by atoms with Gasteiger partial charge in [0.05, 0.1) is 21.8 Å². The van der Waals surface area contributed by atoms with E-state index in [2.05, 4.69) is 15.3 Å². The number of aromatic nitrogens is 2. The highest BCUT2D eigenvalue weighted by Gasteiger charge is 2.22. The number of anilines is 2. The highest BCUT2D eigenvalue weighted by molar-refractivity contribution is 7.90. The number of rotatable bonds is 6. The Balaban J connectivity index is 1.74. The number of aromatic amines is 1. The zero-order valence-corrected chi connectivity index (χ0v) is 18.5. The minimum atomic E-state index is -3.45. The van der Waals surface area contributed by atoms with E-state index in [1.165, 1.54) is 36.5 Å². The Hall–Kier alpha value is -3.70. The van der Waals surface area contributed by atoms with Crippen LogP contribution in [0.4, 0.5) is 11.4 Å². The zero-order chi connectivity index (χ0) is 23.6. The van der Waals surface area contributed by atoms with Crippen molar-refractivity contribution in [3.05, 3.63) is 70.8 Å². The fourth-order valence-corrected chi connectivity index (χ4v) is 3.78. The zero-order valence-electron chi connectivity index (χ0n) is 16.9. The van der Waals surface area contributed by atoms with Gasteiger partial charge < -0.3 is 20.9 Å². The molecule has 2 aromatic carbocycles. The summed E-state index contributed by atoms with van der Waals surface area (Å²) in [5.41, 5.74) is 6.03. The van der Waals surface area contributed by atoms with Crippen LogP contribution in [0.3, 0.4) is 0 Å². The Bertz CT molecular complexity index is 1320. The largest absolute Gasteiger partial charge is 0.364 e. The smallest absolute Gasteiger partial charge is 0.279 e. The molecule has 0 spiro atoms. The summed E-state index contributed by atoms with van der Waals surface area (Å²) in [5.74, 6) is -1.88. The van der Waals surface area contributed by atoms with Gasteiger partial charge in [0, 0.05) is 24.7 Å². The molecular formula is C20H18ClN5O5S. The highest BCUT2D eigenvalue weighted by atomic mass is 35.5. The van der Waals surface area contributed by atoms with Gasteiger partial charge in [0.15, 0.2) is 15.5 Å². The third kappa shape index (κ3) is 4.79. The third-order valence-electron chi connectivity index (χ3n) is 4.52. The van der Waals surface area contributed by atoms with Gasteiger partial charge in [-0.15, -0.1) is 0 Å². The summed E-state index contributed by atoms with van der Waals surface area (Å²) in [5, 5.41) is 2.65. The number of imidazole rings is 1. The number of H-pyrrole nitrogens is 1. The van der Waals surface area contributed by atoms with Crippen molar-refractivity contribution in [2.24, 2.45) is 5.73 Å². The number of hydrogen-bond donors (Lipinski definition) is 3. The van der Waals surface area contributed by atoms with Gasteiger partial charge in [-0.3, -0.25) is 14.4 Å². The maximum Gasteiger partial charge on any atom is 0.279 e. The van der Waals surface area contributed by atoms with Gasteiger partial charge in [0.2, 0.25) is 0 Å². The number of amides is 3. The maximum atomic E-state index is 12.6. The summed E-state index contributed by atoms with van der Waals surface area (Å²) < 4.78 is 23.2. The van der Waals surface area contributed by atoms with Crippen LogP contribution in [0.15, 0.2) is 53.7 Å². The summed E-state index contributed by atoms with van der Waals surface area (Å²) in [6, 6.07) is 10.1. The molecule has 12 heteroatoms. The molecule has 0 aliphatic carbocycles. The second kappa shape index (κ2) is 8.81. The third-order valence-corrected chi connectivity index (χ3v) is 5.94. The molecule has 0 atom stereocenters. The van der Waals surface area contributed by atoms with Crippen molar-refractivity contribution < 1.29 is 22.8 Å². The first-order valence-corrected chi connectivity index (χ1v) is 11.3. The number of nitrogens with one attached hydrogen (secondary N) is 2. The van der Waals surface area contributed by atoms with Gasteiger partial charge in [-0.1, -0.05) is 11.6 Å². The lowest BCUT2D eigenvalue weighted by molar-refractivity contribution is 0.0958. The van der Waals surface area contributed by atoms with Crippen molar-refractivity contribution in [1.29, 1.82) is 0 Å². The van der Waals surface area contributed by atoms with Gasteiger partial charge in [0.1, 0.15) is 5.69 Å². The lowest BCUT2D eigenvalue weighted by Crippen LogP contribution is -2.29. The average Bonchev–Trinajstić information content (AvgIpc) is 3.22. The molecule has 3 aromatic rings. The van der Waals surface area contributed by atoms with E-state index in [0.717, 1.165) is 6.26 Å². The van der Waals surface area contributed by atoms with E-state index >= 15 is 0 Å². The fourth-order valence-electron chi connectivity index (χ4n) is 2.80. The van der Waals surface area contributed by atoms with Gasteiger partial charge in [-0.2, -0.15) is 0 Å². The normalized spacial score (nSPS) is 11.1. The summed E-state index contributed by atoms with van der Waals surface area (Å²) in [6.07, 6.45) is 2.25. The quantitative estimate of drug-likeness (QED) is 0.495. The van der Waals surface area contributed by atoms with E-state index in [-0.39, 0.29) is 26.9 Å². The Morgan fingerprint density at radius 1 is 1.12 bits per heavy atom. The Labute approximate surface area is 188 Å². The minimum Gasteiger partial charge on any atom is -0.364 e. The lowest BCUT2D eigenvalue weighted by atomic mass is 10.2. The summed E-state index contributed by atoms with van der Waals surface area (Å²) in [6.45, 7) is 0. The number of hydrogen-bond acceptors (Lipinski definition) is 6. The van der Waals surface area contributed by atoms with Crippen molar-refractivity contribution in [3.8, 4) is 0 Å². The molecule has 0 saturated heterocycles. The standard InChI is InChI=1S/C20H18ClN5O5S/c1-26(20(29)17-16(18(22)27)23-10-24-17)12-5-3-11(4-6-12)25-19(28)14-8-7-13(9-15(14)21)32(2,30)31/h3-10H,1-2H3,(H2,22,27)(H,23,24)(H,25,28). The Kier molecular flexibility index (Phi) is 6.32. The van der Waals surface area contributed by atoms with Gasteiger partial charge >= 0.3 is 0 Å². The van der Waals surface area contributed by atoms with Gasteiger partial charge in [-0.25, -0.2) is 13.4 Å². The number of benzene rings is 2. The first kappa shape index (κ1) is 23.0. The van der Waals surface area contributed by atoms with E-state index in [4.69, 9.17) is 17.3 Å². The predicted octanol–water partition coefficient (Wildman–Crippen LogP) is 2.09. The molecule has 32 heavy (non-hydrogen) atoms. The van der Waals surface area contributed by atoms with Crippen LogP contribution in [0, 0.1) is 0 Å². The molecule has 0 unspecified atom stereocenters. The van der Waals surface area contributed by atoms with Crippen molar-refractivity contribution in [2.45, 2.75) is 4.90 Å². The molecule has 0 aliphatic heterocycles. The van der Waals surface area contributed by atoms with E-state index in [1.54, 1.807) is 24.3 Å². The number of halogens is 1. The maximum absolute atomic E-state index is 12.6. The number of carbonyl (C=O) groups excluding carboxylic acids is 3. The van der Waals surface area contributed by atoms with E-state index in [0.29, 0.717) is 11.4 Å². The topological polar surface area (TPSA) is 155 Å². The molecule has 0 bridgehead atoms. The highest BCUT2D eigenvalue weighted by Crippen LogP contribution is 2.23. The molecule has 0 radical (unpaired) electrons. The van der Waals surface area contributed by atoms with Crippen molar-refractivity contribution in [3.63, 3.8) is 0 Å². The SMILES string of the molecule is CN(C(=O)c1nc[nH]c1C(N)=O)c1ccc(NC(=O)c2ccc(S(C)(=O)=O)cc2Cl)cc1. The van der Waals surface area contributed by atoms with Crippen molar-refractivity contribution in [2.75, 3.05) is 23.5 Å². The lowest BCUT2D eigenvalue weighted by Gasteiger charge is -2.17. The second-order valence-electron chi connectivity index (χ2n) is 6.77. The predicted molar refractivity (Wildman–Crippen MR) is 119 cm³/mol. The molecule has 1 heterocycles. The van der Waals surface area contributed by atoms with Crippen LogP contribution in [-0.4, -0.2) is 49.4 Å². The average molecular weight is 476 g/mol. The van der Waals surface area contributed by atoms with Crippen molar-refractivity contribution >= 4 is 50.5 Å². The van der Waals surface area contributed by atoms with E-state index in [1.807, 2.05) is 0 Å². The van der Waals surface area contributed by atoms with Crippen LogP contribution in [-0.2, 0) is 9.84 Å². The molecule has 3 rings (SSSR count). The van der Waals surface area contributed by atoms with Crippen LogP contribution in [0.1, 0.15) is 31.3 Å². The van der Waals surface area contributed by atoms with E-state index in [9.17, 15) is 22.8 Å². The minimum absolute atomic E-state index is 0.00312. The molecule has 0 fully saturated rings. The van der Waals surface area contributed by atoms with Crippen LogP contribution in [0.25, 0.3) is 0 Å². The number of sulfone groups is 1. The van der Waals surface area contributed by atoms with Crippen LogP contribution < -0.4 is 16.0 Å². The Morgan fingerprint density at radius 3 is 2.34 bits per heavy atom. The first-order chi connectivity index (χ1) is 15.0. The monoisotopic (exact) mass is 475 g/mol. The number of nitrogens with two attached hydrogens (primary N) is 1. The first-order valence-electron chi connectivity index (χ1n) is 9.01. The second-order valence-corrected chi connectivity index (χ2v) is 9.19. The van der Waals surface area contributed by atoms with Crippen molar-refractivity contribution in [1.82, 2.24) is 9.97 Å². The summed E-state index contributed by atoms with van der Waals surface area (Å²) >= 11 is 6.07. The molecule has 0 saturated carbocycles. The van der Waals surface area contributed by atoms with Gasteiger partial charge in [0.25, 0.3) is 17.7 Å². The number of primary amides is 1. The molecule has 10 nitrogen and oxygen atoms in total. The van der Waals surface area contributed by atoms with Crippen LogP contribution in [0.2, 0.25) is 5.02 Å². The molecule has 4 N–H and O–H groups in total. The van der Waals surface area contributed by atoms with Gasteiger partial charge in [-0.05, 0) is 42.5 Å². The van der Waals surface area contributed by atoms with Crippen LogP contribution >= 0.6 is 11.6 Å². The molecular weight excluding hydrogens is 458 g/mol. The molecule has 3 amide bonds. The van der Waals surface area contributed by atoms with Crippen LogP contribution in [0.5, 0.6) is 0 Å². The summed E-state index contributed by atoms with van der Waals surface area (Å²) in [4.78, 5) is 44.2. The number of nitrogens with zero attached hydrogens (tertiary/aromatic N) is 2. The molecule has 0 aliphatic rings. The summed E-state index contributed by atoms with van der Waals surface area (Å²) in [7, 11) is -1.95. The molecule has 1 aromatic heterocycles. The number of carbonyl (C=O) groups is 3. The fraction of sp³-hybridized carbons (Fsp3) is 0.100.